The Hall–Kier alpha value is -2.84. The molecule has 0 radical (unpaired) electrons. The summed E-state index contributed by atoms with van der Waals surface area (Å²) in [4.78, 5) is 33.9. The Labute approximate surface area is 119 Å². The summed E-state index contributed by atoms with van der Waals surface area (Å²) < 4.78 is 18.8. The summed E-state index contributed by atoms with van der Waals surface area (Å²) in [6.45, 7) is 0. The van der Waals surface area contributed by atoms with E-state index in [-0.39, 0.29) is 11.3 Å². The summed E-state index contributed by atoms with van der Waals surface area (Å²) in [7, 11) is 4.49. The monoisotopic (exact) mass is 299 g/mol. The highest BCUT2D eigenvalue weighted by molar-refractivity contribution is 6.03. The van der Waals surface area contributed by atoms with Gasteiger partial charge >= 0.3 is 17.6 Å². The number of hydrogen-bond acceptors (Lipinski definition) is 8. The summed E-state index contributed by atoms with van der Waals surface area (Å²) in [5, 5.41) is 11.3. The van der Waals surface area contributed by atoms with E-state index in [0.717, 1.165) is 27.4 Å². The third kappa shape index (κ3) is 2.86. The summed E-state index contributed by atoms with van der Waals surface area (Å²) in [6, 6.07) is 1.11. The molecule has 9 nitrogen and oxygen atoms in total. The second kappa shape index (κ2) is 6.55. The molecular formula is C12H13NO8. The zero-order valence-electron chi connectivity index (χ0n) is 11.8. The van der Waals surface area contributed by atoms with Crippen molar-refractivity contribution in [2.45, 2.75) is 0 Å². The highest BCUT2D eigenvalue weighted by atomic mass is 16.6. The van der Waals surface area contributed by atoms with Crippen LogP contribution in [0.4, 0.5) is 5.69 Å². The van der Waals surface area contributed by atoms with Gasteiger partial charge in [-0.25, -0.2) is 9.59 Å². The number of esters is 2. The van der Waals surface area contributed by atoms with Crippen LogP contribution in [-0.2, 0) is 9.47 Å². The van der Waals surface area contributed by atoms with E-state index in [1.807, 2.05) is 0 Å². The first-order valence-corrected chi connectivity index (χ1v) is 5.52. The topological polar surface area (TPSA) is 114 Å². The van der Waals surface area contributed by atoms with Crippen LogP contribution in [0.15, 0.2) is 6.07 Å². The van der Waals surface area contributed by atoms with E-state index in [1.54, 1.807) is 0 Å². The van der Waals surface area contributed by atoms with E-state index in [1.165, 1.54) is 7.11 Å². The van der Waals surface area contributed by atoms with Crippen molar-refractivity contribution >= 4 is 17.6 Å². The third-order valence-corrected chi connectivity index (χ3v) is 2.62. The molecule has 21 heavy (non-hydrogen) atoms. The lowest BCUT2D eigenvalue weighted by Crippen LogP contribution is -2.13. The average molecular weight is 299 g/mol. The van der Waals surface area contributed by atoms with Crippen LogP contribution in [0.1, 0.15) is 20.7 Å². The number of nitrogens with zero attached hydrogens (tertiary/aromatic N) is 1. The lowest BCUT2D eigenvalue weighted by atomic mass is 10.1. The molecular weight excluding hydrogens is 286 g/mol. The maximum atomic E-state index is 11.8. The van der Waals surface area contributed by atoms with Gasteiger partial charge in [0.15, 0.2) is 5.56 Å². The fourth-order valence-corrected chi connectivity index (χ4v) is 1.73. The standard InChI is InChI=1S/C12H13NO8/c1-18-7-5-6(11(14)20-3)10(19-2)9(13(16)17)8(7)12(15)21-4/h5H,1-4H3. The fraction of sp³-hybridized carbons (Fsp3) is 0.333. The van der Waals surface area contributed by atoms with Crippen molar-refractivity contribution in [2.75, 3.05) is 28.4 Å². The van der Waals surface area contributed by atoms with Gasteiger partial charge in [-0.3, -0.25) is 10.1 Å². The molecule has 0 heterocycles. The van der Waals surface area contributed by atoms with E-state index in [2.05, 4.69) is 9.47 Å². The van der Waals surface area contributed by atoms with Crippen LogP contribution in [0.3, 0.4) is 0 Å². The van der Waals surface area contributed by atoms with Crippen molar-refractivity contribution in [3.8, 4) is 11.5 Å². The van der Waals surface area contributed by atoms with Crippen molar-refractivity contribution in [2.24, 2.45) is 0 Å². The first kappa shape index (κ1) is 16.2. The molecule has 0 saturated heterocycles. The Morgan fingerprint density at radius 2 is 1.62 bits per heavy atom. The largest absolute Gasteiger partial charge is 0.496 e. The minimum Gasteiger partial charge on any atom is -0.496 e. The summed E-state index contributed by atoms with van der Waals surface area (Å²) >= 11 is 0. The molecule has 0 bridgehead atoms. The van der Waals surface area contributed by atoms with Gasteiger partial charge in [0.2, 0.25) is 5.75 Å². The van der Waals surface area contributed by atoms with Crippen LogP contribution in [0.25, 0.3) is 0 Å². The highest BCUT2D eigenvalue weighted by Gasteiger charge is 2.35. The molecule has 0 amide bonds. The van der Waals surface area contributed by atoms with E-state index >= 15 is 0 Å². The Balaban J connectivity index is 3.85. The van der Waals surface area contributed by atoms with Gasteiger partial charge in [-0.2, -0.15) is 0 Å². The van der Waals surface area contributed by atoms with Gasteiger partial charge in [0.1, 0.15) is 11.3 Å². The highest BCUT2D eigenvalue weighted by Crippen LogP contribution is 2.41. The molecule has 0 N–H and O–H groups in total. The molecule has 0 aromatic heterocycles. The van der Waals surface area contributed by atoms with E-state index in [9.17, 15) is 19.7 Å². The van der Waals surface area contributed by atoms with Gasteiger partial charge in [0.05, 0.1) is 33.4 Å². The number of methoxy groups -OCH3 is 4. The number of hydrogen-bond donors (Lipinski definition) is 0. The molecule has 0 unspecified atom stereocenters. The molecule has 0 spiro atoms. The smallest absolute Gasteiger partial charge is 0.348 e. The SMILES string of the molecule is COC(=O)c1cc(OC)c(C(=O)OC)c([N+](=O)[O-])c1OC. The van der Waals surface area contributed by atoms with Crippen molar-refractivity contribution < 1.29 is 33.5 Å². The molecule has 0 aliphatic rings. The molecule has 0 saturated carbocycles. The number of nitro groups is 1. The van der Waals surface area contributed by atoms with Gasteiger partial charge < -0.3 is 18.9 Å². The van der Waals surface area contributed by atoms with Gasteiger partial charge in [-0.15, -0.1) is 0 Å². The molecule has 1 aromatic carbocycles. The molecule has 0 fully saturated rings. The second-order valence-electron chi connectivity index (χ2n) is 3.62. The van der Waals surface area contributed by atoms with E-state index in [0.29, 0.717) is 0 Å². The van der Waals surface area contributed by atoms with E-state index in [4.69, 9.17) is 9.47 Å². The maximum Gasteiger partial charge on any atom is 0.348 e. The van der Waals surface area contributed by atoms with Crippen molar-refractivity contribution in [3.63, 3.8) is 0 Å². The van der Waals surface area contributed by atoms with Gasteiger partial charge in [-0.1, -0.05) is 0 Å². The predicted octanol–water partition coefficient (Wildman–Crippen LogP) is 1.19. The number of carbonyl (C=O) groups excluding carboxylic acids is 2. The molecule has 9 heteroatoms. The maximum absolute atomic E-state index is 11.8. The molecule has 0 atom stereocenters. The molecule has 1 aromatic rings. The average Bonchev–Trinajstić information content (AvgIpc) is 2.50. The number of nitro benzene ring substituents is 1. The summed E-state index contributed by atoms with van der Waals surface area (Å²) in [5.74, 6) is -2.47. The van der Waals surface area contributed by atoms with Gasteiger partial charge in [0, 0.05) is 0 Å². The van der Waals surface area contributed by atoms with Crippen LogP contribution >= 0.6 is 0 Å². The van der Waals surface area contributed by atoms with Crippen molar-refractivity contribution in [1.82, 2.24) is 0 Å². The molecule has 0 aliphatic heterocycles. The molecule has 114 valence electrons. The Morgan fingerprint density at radius 3 is 2.00 bits per heavy atom. The van der Waals surface area contributed by atoms with Crippen LogP contribution in [0, 0.1) is 10.1 Å². The molecule has 0 aliphatic carbocycles. The van der Waals surface area contributed by atoms with E-state index < -0.39 is 33.9 Å². The normalized spacial score (nSPS) is 9.71. The summed E-state index contributed by atoms with van der Waals surface area (Å²) in [5.41, 5.74) is -1.42. The Kier molecular flexibility index (Phi) is 5.06. The zero-order chi connectivity index (χ0) is 16.2. The van der Waals surface area contributed by atoms with Crippen LogP contribution in [0.5, 0.6) is 11.5 Å². The minimum absolute atomic E-state index is 0.199. The van der Waals surface area contributed by atoms with Crippen molar-refractivity contribution in [1.29, 1.82) is 0 Å². The predicted molar refractivity (Wildman–Crippen MR) is 68.9 cm³/mol. The first-order valence-electron chi connectivity index (χ1n) is 5.52. The number of carbonyl (C=O) groups is 2. The quantitative estimate of drug-likeness (QED) is 0.452. The van der Waals surface area contributed by atoms with Crippen LogP contribution < -0.4 is 9.47 Å². The van der Waals surface area contributed by atoms with Crippen LogP contribution in [-0.4, -0.2) is 45.3 Å². The third-order valence-electron chi connectivity index (χ3n) is 2.62. The lowest BCUT2D eigenvalue weighted by molar-refractivity contribution is -0.386. The Morgan fingerprint density at radius 1 is 1.05 bits per heavy atom. The van der Waals surface area contributed by atoms with Crippen molar-refractivity contribution in [3.05, 3.63) is 27.3 Å². The van der Waals surface area contributed by atoms with Crippen LogP contribution in [0.2, 0.25) is 0 Å². The van der Waals surface area contributed by atoms with Gasteiger partial charge in [0.25, 0.3) is 0 Å². The summed E-state index contributed by atoms with van der Waals surface area (Å²) in [6.07, 6.45) is 0. The Bertz CT molecular complexity index is 595. The number of benzene rings is 1. The molecule has 1 rings (SSSR count). The lowest BCUT2D eigenvalue weighted by Gasteiger charge is -2.13. The minimum atomic E-state index is -0.992. The number of ether oxygens (including phenoxy) is 4. The van der Waals surface area contributed by atoms with Gasteiger partial charge in [-0.05, 0) is 6.07 Å². The fourth-order valence-electron chi connectivity index (χ4n) is 1.73. The second-order valence-corrected chi connectivity index (χ2v) is 3.62. The zero-order valence-corrected chi connectivity index (χ0v) is 11.8. The number of rotatable bonds is 5. The first-order chi connectivity index (χ1) is 9.92.